The molecule has 1 aromatic carbocycles. The van der Waals surface area contributed by atoms with E-state index in [4.69, 9.17) is 9.47 Å². The van der Waals surface area contributed by atoms with Crippen LogP contribution < -0.4 is 0 Å². The third-order valence-electron chi connectivity index (χ3n) is 4.62. The summed E-state index contributed by atoms with van der Waals surface area (Å²) in [6, 6.07) is 5.85. The molecule has 1 saturated heterocycles. The van der Waals surface area contributed by atoms with E-state index in [0.29, 0.717) is 36.0 Å². The molecule has 2 heterocycles. The number of nitro benzene ring substituents is 1. The number of hydrogen-bond donors (Lipinski definition) is 0. The maximum atomic E-state index is 12.2. The van der Waals surface area contributed by atoms with Crippen LogP contribution in [0.2, 0.25) is 0 Å². The number of nitro groups is 1. The van der Waals surface area contributed by atoms with Crippen LogP contribution in [0.15, 0.2) is 24.3 Å². The van der Waals surface area contributed by atoms with Crippen LogP contribution in [0.3, 0.4) is 0 Å². The summed E-state index contributed by atoms with van der Waals surface area (Å²) >= 11 is 1.15. The number of piperidine rings is 1. The molecule has 0 saturated carbocycles. The van der Waals surface area contributed by atoms with Crippen molar-refractivity contribution in [1.82, 2.24) is 4.90 Å². The summed E-state index contributed by atoms with van der Waals surface area (Å²) in [6.07, 6.45) is 1.03. The van der Waals surface area contributed by atoms with Crippen molar-refractivity contribution in [3.8, 4) is 0 Å². The molecule has 3 rings (SSSR count). The largest absolute Gasteiger partial charge is 0.469 e. The average molecular weight is 406 g/mol. The normalized spacial score (nSPS) is 14.7. The van der Waals surface area contributed by atoms with Gasteiger partial charge in [0.05, 0.1) is 18.0 Å². The Morgan fingerprint density at radius 2 is 1.96 bits per heavy atom. The molecule has 0 atom stereocenters. The number of benzene rings is 1. The topological polar surface area (TPSA) is 116 Å². The summed E-state index contributed by atoms with van der Waals surface area (Å²) < 4.78 is 10.5. The van der Waals surface area contributed by atoms with E-state index in [2.05, 4.69) is 0 Å². The molecule has 1 aromatic heterocycles. The van der Waals surface area contributed by atoms with Crippen molar-refractivity contribution < 1.29 is 28.8 Å². The summed E-state index contributed by atoms with van der Waals surface area (Å²) in [5, 5.41) is 11.4. The van der Waals surface area contributed by atoms with Gasteiger partial charge in [-0.15, -0.1) is 11.3 Å². The van der Waals surface area contributed by atoms with Gasteiger partial charge < -0.3 is 14.4 Å². The Morgan fingerprint density at radius 3 is 2.61 bits per heavy atom. The minimum atomic E-state index is -0.651. The third-order valence-corrected chi connectivity index (χ3v) is 5.72. The van der Waals surface area contributed by atoms with E-state index in [1.807, 2.05) is 0 Å². The lowest BCUT2D eigenvalue weighted by Crippen LogP contribution is -2.42. The minimum Gasteiger partial charge on any atom is -0.469 e. The van der Waals surface area contributed by atoms with Crippen LogP contribution in [-0.4, -0.2) is 54.5 Å². The number of ether oxygens (including phenoxy) is 2. The summed E-state index contributed by atoms with van der Waals surface area (Å²) in [6.45, 7) is 0.418. The van der Waals surface area contributed by atoms with Crippen molar-refractivity contribution in [3.05, 3.63) is 39.3 Å². The zero-order chi connectivity index (χ0) is 20.3. The summed E-state index contributed by atoms with van der Waals surface area (Å²) in [5.74, 6) is -1.46. The SMILES string of the molecule is COC(=O)C1CCN(C(=O)COC(=O)c2cc3cc([N+](=O)[O-])ccc3s2)CC1. The van der Waals surface area contributed by atoms with E-state index < -0.39 is 17.5 Å². The molecule has 9 nitrogen and oxygen atoms in total. The first-order valence-electron chi connectivity index (χ1n) is 8.59. The standard InChI is InChI=1S/C18H18N2O7S/c1-26-17(22)11-4-6-19(7-5-11)16(21)10-27-18(23)15-9-12-8-13(20(24)25)2-3-14(12)28-15/h2-3,8-9,11H,4-7,10H2,1H3. The zero-order valence-electron chi connectivity index (χ0n) is 15.1. The van der Waals surface area contributed by atoms with Crippen molar-refractivity contribution in [3.63, 3.8) is 0 Å². The first-order valence-corrected chi connectivity index (χ1v) is 9.41. The lowest BCUT2D eigenvalue weighted by Gasteiger charge is -2.30. The van der Waals surface area contributed by atoms with Crippen LogP contribution in [0.1, 0.15) is 22.5 Å². The summed E-state index contributed by atoms with van der Waals surface area (Å²) in [4.78, 5) is 48.1. The van der Waals surface area contributed by atoms with E-state index in [1.165, 1.54) is 25.3 Å². The Balaban J connectivity index is 1.55. The molecule has 1 amide bonds. The van der Waals surface area contributed by atoms with E-state index in [0.717, 1.165) is 11.3 Å². The number of amides is 1. The number of esters is 2. The highest BCUT2D eigenvalue weighted by Gasteiger charge is 2.28. The predicted octanol–water partition coefficient (Wildman–Crippen LogP) is 2.38. The smallest absolute Gasteiger partial charge is 0.348 e. The average Bonchev–Trinajstić information content (AvgIpc) is 3.14. The van der Waals surface area contributed by atoms with Crippen LogP contribution in [0.4, 0.5) is 5.69 Å². The number of nitrogens with zero attached hydrogens (tertiary/aromatic N) is 2. The van der Waals surface area contributed by atoms with E-state index >= 15 is 0 Å². The van der Waals surface area contributed by atoms with Crippen LogP contribution in [-0.2, 0) is 19.1 Å². The fraction of sp³-hybridized carbons (Fsp3) is 0.389. The Kier molecular flexibility index (Phi) is 5.88. The molecule has 1 aliphatic rings. The second kappa shape index (κ2) is 8.34. The van der Waals surface area contributed by atoms with Gasteiger partial charge in [0.25, 0.3) is 11.6 Å². The molecule has 0 N–H and O–H groups in total. The van der Waals surface area contributed by atoms with E-state index in [9.17, 15) is 24.5 Å². The number of methoxy groups -OCH3 is 1. The van der Waals surface area contributed by atoms with Crippen molar-refractivity contribution in [1.29, 1.82) is 0 Å². The highest BCUT2D eigenvalue weighted by molar-refractivity contribution is 7.20. The number of rotatable bonds is 5. The molecular weight excluding hydrogens is 388 g/mol. The fourth-order valence-corrected chi connectivity index (χ4v) is 4.00. The van der Waals surface area contributed by atoms with E-state index in [1.54, 1.807) is 11.0 Å². The molecule has 1 aliphatic heterocycles. The van der Waals surface area contributed by atoms with Gasteiger partial charge in [0.1, 0.15) is 4.88 Å². The van der Waals surface area contributed by atoms with Crippen LogP contribution >= 0.6 is 11.3 Å². The molecule has 10 heteroatoms. The molecule has 0 spiro atoms. The van der Waals surface area contributed by atoms with Gasteiger partial charge in [-0.1, -0.05) is 0 Å². The van der Waals surface area contributed by atoms with Crippen molar-refractivity contribution in [2.24, 2.45) is 5.92 Å². The number of carbonyl (C=O) groups is 3. The minimum absolute atomic E-state index is 0.0595. The number of hydrogen-bond acceptors (Lipinski definition) is 8. The van der Waals surface area contributed by atoms with Crippen molar-refractivity contribution in [2.75, 3.05) is 26.8 Å². The zero-order valence-corrected chi connectivity index (χ0v) is 15.9. The quantitative estimate of drug-likeness (QED) is 0.425. The number of carbonyl (C=O) groups excluding carboxylic acids is 3. The molecule has 28 heavy (non-hydrogen) atoms. The summed E-state index contributed by atoms with van der Waals surface area (Å²) in [7, 11) is 1.34. The van der Waals surface area contributed by atoms with Crippen molar-refractivity contribution >= 4 is 45.0 Å². The van der Waals surface area contributed by atoms with Crippen LogP contribution in [0.25, 0.3) is 10.1 Å². The number of likely N-dealkylation sites (tertiary alicyclic amines) is 1. The molecule has 0 unspecified atom stereocenters. The van der Waals surface area contributed by atoms with Gasteiger partial charge >= 0.3 is 11.9 Å². The van der Waals surface area contributed by atoms with Gasteiger partial charge in [0.2, 0.25) is 0 Å². The van der Waals surface area contributed by atoms with Crippen LogP contribution in [0.5, 0.6) is 0 Å². The van der Waals surface area contributed by atoms with Gasteiger partial charge in [-0.25, -0.2) is 4.79 Å². The Labute approximate surface area is 164 Å². The van der Waals surface area contributed by atoms with Gasteiger partial charge in [0, 0.05) is 35.3 Å². The highest BCUT2D eigenvalue weighted by Crippen LogP contribution is 2.29. The maximum absolute atomic E-state index is 12.2. The first kappa shape index (κ1) is 19.7. The Bertz CT molecular complexity index is 931. The number of thiophene rings is 1. The molecular formula is C18H18N2O7S. The van der Waals surface area contributed by atoms with Crippen LogP contribution in [0, 0.1) is 16.0 Å². The van der Waals surface area contributed by atoms with Gasteiger partial charge in [0.15, 0.2) is 6.61 Å². The number of non-ortho nitro benzene ring substituents is 1. The number of fused-ring (bicyclic) bond motifs is 1. The lowest BCUT2D eigenvalue weighted by molar-refractivity contribution is -0.384. The van der Waals surface area contributed by atoms with Crippen molar-refractivity contribution in [2.45, 2.75) is 12.8 Å². The Morgan fingerprint density at radius 1 is 1.25 bits per heavy atom. The Hall–Kier alpha value is -3.01. The van der Waals surface area contributed by atoms with Gasteiger partial charge in [-0.05, 0) is 25.0 Å². The predicted molar refractivity (Wildman–Crippen MR) is 100 cm³/mol. The maximum Gasteiger partial charge on any atom is 0.348 e. The molecule has 0 radical (unpaired) electrons. The highest BCUT2D eigenvalue weighted by atomic mass is 32.1. The summed E-state index contributed by atoms with van der Waals surface area (Å²) in [5.41, 5.74) is -0.0595. The lowest BCUT2D eigenvalue weighted by atomic mass is 9.97. The van der Waals surface area contributed by atoms with Gasteiger partial charge in [-0.2, -0.15) is 0 Å². The fourth-order valence-electron chi connectivity index (χ4n) is 3.07. The second-order valence-corrected chi connectivity index (χ2v) is 7.43. The van der Waals surface area contributed by atoms with E-state index in [-0.39, 0.29) is 28.4 Å². The molecule has 148 valence electrons. The second-order valence-electron chi connectivity index (χ2n) is 6.34. The molecule has 0 bridgehead atoms. The van der Waals surface area contributed by atoms with Gasteiger partial charge in [-0.3, -0.25) is 19.7 Å². The first-order chi connectivity index (χ1) is 13.4. The molecule has 1 fully saturated rings. The third kappa shape index (κ3) is 4.28. The molecule has 0 aliphatic carbocycles. The molecule has 2 aromatic rings. The monoisotopic (exact) mass is 406 g/mol.